The number of nitrogens with zero attached hydrogens (tertiary/aromatic N) is 3. The molecule has 0 radical (unpaired) electrons. The second kappa shape index (κ2) is 9.75. The van der Waals surface area contributed by atoms with Crippen LogP contribution in [0.3, 0.4) is 0 Å². The minimum atomic E-state index is 0.244. The van der Waals surface area contributed by atoms with Crippen molar-refractivity contribution in [3.63, 3.8) is 0 Å². The van der Waals surface area contributed by atoms with Crippen molar-refractivity contribution >= 4 is 33.2 Å². The number of carbonyl (C=O) groups excluding carboxylic acids is 1. The van der Waals surface area contributed by atoms with Crippen LogP contribution in [0.25, 0.3) is 10.9 Å². The van der Waals surface area contributed by atoms with Crippen LogP contribution in [0.15, 0.2) is 36.7 Å². The monoisotopic (exact) mass is 424 g/mol. The minimum absolute atomic E-state index is 0.244. The molecule has 1 N–H and O–H groups in total. The number of Topliss-reactive ketones (excluding diaryl/α,β-unsaturated/α-hetero) is 1. The van der Waals surface area contributed by atoms with Gasteiger partial charge in [-0.05, 0) is 37.4 Å². The van der Waals surface area contributed by atoms with E-state index in [0.717, 1.165) is 61.9 Å². The third-order valence-corrected chi connectivity index (χ3v) is 7.26. The zero-order valence-electron chi connectivity index (χ0n) is 18.1. The fourth-order valence-electron chi connectivity index (χ4n) is 4.28. The molecule has 1 saturated heterocycles. The lowest BCUT2D eigenvalue weighted by molar-refractivity contribution is 0.0962. The molecule has 30 heavy (non-hydrogen) atoms. The Balaban J connectivity index is 1.43. The molecule has 5 nitrogen and oxygen atoms in total. The number of likely N-dealkylation sites (N-methyl/N-ethyl adjacent to an activating group) is 1. The van der Waals surface area contributed by atoms with Gasteiger partial charge in [-0.1, -0.05) is 49.3 Å². The molecule has 160 valence electrons. The Morgan fingerprint density at radius 2 is 2.03 bits per heavy atom. The Kier molecular flexibility index (Phi) is 6.85. The molecule has 1 aromatic carbocycles. The van der Waals surface area contributed by atoms with Gasteiger partial charge in [0.25, 0.3) is 0 Å². The van der Waals surface area contributed by atoms with Crippen molar-refractivity contribution < 1.29 is 4.79 Å². The first-order chi connectivity index (χ1) is 14.6. The van der Waals surface area contributed by atoms with E-state index in [1.165, 1.54) is 16.5 Å². The standard InChI is InChI=1S/C24H32N4OS/c1-3-4-7-18(14-19-16-25-21-9-6-5-8-20(19)21)15-22(29)23-17-26-24(30-23)28-12-10-27(2)11-13-28/h5-6,8-9,16-18,25H,3-4,7,10-15H2,1-2H3/t18-/m0/s1. The molecule has 0 unspecified atom stereocenters. The largest absolute Gasteiger partial charge is 0.361 e. The van der Waals surface area contributed by atoms with Crippen molar-refractivity contribution in [2.45, 2.75) is 39.0 Å². The van der Waals surface area contributed by atoms with Crippen LogP contribution >= 0.6 is 11.3 Å². The summed E-state index contributed by atoms with van der Waals surface area (Å²) in [5.41, 5.74) is 2.49. The SMILES string of the molecule is CCCC[C@H](CC(=O)c1cnc(N2CCN(C)CC2)s1)Cc1c[nH]c2ccccc12. The normalized spacial score (nSPS) is 16.3. The second-order valence-corrected chi connectivity index (χ2v) is 9.51. The van der Waals surface area contributed by atoms with Gasteiger partial charge in [-0.25, -0.2) is 4.98 Å². The molecule has 0 spiro atoms. The molecule has 0 amide bonds. The minimum Gasteiger partial charge on any atom is -0.361 e. The molecule has 0 bridgehead atoms. The van der Waals surface area contributed by atoms with Crippen molar-refractivity contribution in [3.05, 3.63) is 47.1 Å². The predicted octanol–water partition coefficient (Wildman–Crippen LogP) is 5.00. The molecule has 3 aromatic rings. The first kappa shape index (κ1) is 21.1. The highest BCUT2D eigenvalue weighted by molar-refractivity contribution is 7.17. The van der Waals surface area contributed by atoms with E-state index in [-0.39, 0.29) is 5.78 Å². The second-order valence-electron chi connectivity index (χ2n) is 8.50. The Morgan fingerprint density at radius 1 is 1.23 bits per heavy atom. The zero-order chi connectivity index (χ0) is 20.9. The highest BCUT2D eigenvalue weighted by Crippen LogP contribution is 2.29. The maximum Gasteiger partial charge on any atom is 0.186 e. The Hall–Kier alpha value is -2.18. The molecule has 6 heteroatoms. The Bertz CT molecular complexity index is 970. The Morgan fingerprint density at radius 3 is 2.83 bits per heavy atom. The number of hydrogen-bond acceptors (Lipinski definition) is 5. The Labute approximate surface area is 183 Å². The summed E-state index contributed by atoms with van der Waals surface area (Å²) in [6.45, 7) is 6.28. The zero-order valence-corrected chi connectivity index (χ0v) is 18.9. The summed E-state index contributed by atoms with van der Waals surface area (Å²) in [5, 5.41) is 2.27. The van der Waals surface area contributed by atoms with E-state index in [1.54, 1.807) is 17.5 Å². The summed E-state index contributed by atoms with van der Waals surface area (Å²) in [7, 11) is 2.15. The van der Waals surface area contributed by atoms with Crippen LogP contribution in [-0.2, 0) is 6.42 Å². The summed E-state index contributed by atoms with van der Waals surface area (Å²) in [6.07, 6.45) is 8.87. The van der Waals surface area contributed by atoms with Crippen LogP contribution in [0.2, 0.25) is 0 Å². The molecule has 0 saturated carbocycles. The third kappa shape index (κ3) is 4.93. The van der Waals surface area contributed by atoms with Crippen LogP contribution in [0, 0.1) is 5.92 Å². The van der Waals surface area contributed by atoms with E-state index in [0.29, 0.717) is 12.3 Å². The van der Waals surface area contributed by atoms with Crippen molar-refractivity contribution in [3.8, 4) is 0 Å². The molecule has 0 aliphatic carbocycles. The summed E-state index contributed by atoms with van der Waals surface area (Å²) >= 11 is 1.57. The van der Waals surface area contributed by atoms with Crippen molar-refractivity contribution in [1.29, 1.82) is 0 Å². The topological polar surface area (TPSA) is 52.2 Å². The lowest BCUT2D eigenvalue weighted by atomic mass is 9.89. The van der Waals surface area contributed by atoms with Gasteiger partial charge in [0.05, 0.1) is 11.1 Å². The molecule has 1 aliphatic rings. The van der Waals surface area contributed by atoms with Gasteiger partial charge >= 0.3 is 0 Å². The number of anilines is 1. The molecule has 2 aromatic heterocycles. The van der Waals surface area contributed by atoms with E-state index < -0.39 is 0 Å². The van der Waals surface area contributed by atoms with Crippen LogP contribution in [-0.4, -0.2) is 53.9 Å². The molecule has 1 fully saturated rings. The summed E-state index contributed by atoms with van der Waals surface area (Å²) in [4.78, 5) is 26.5. The summed E-state index contributed by atoms with van der Waals surface area (Å²) in [5.74, 6) is 0.611. The average Bonchev–Trinajstić information content (AvgIpc) is 3.40. The van der Waals surface area contributed by atoms with Crippen LogP contribution in [0.4, 0.5) is 5.13 Å². The smallest absolute Gasteiger partial charge is 0.186 e. The number of hydrogen-bond donors (Lipinski definition) is 1. The number of nitrogens with one attached hydrogen (secondary N) is 1. The van der Waals surface area contributed by atoms with Crippen molar-refractivity contribution in [1.82, 2.24) is 14.9 Å². The number of fused-ring (bicyclic) bond motifs is 1. The first-order valence-corrected chi connectivity index (χ1v) is 11.9. The number of carbonyl (C=O) groups is 1. The number of unbranched alkanes of at least 4 members (excludes halogenated alkanes) is 1. The summed E-state index contributed by atoms with van der Waals surface area (Å²) in [6, 6.07) is 8.43. The number of H-pyrrole nitrogens is 1. The van der Waals surface area contributed by atoms with Gasteiger partial charge in [-0.3, -0.25) is 4.79 Å². The first-order valence-electron chi connectivity index (χ1n) is 11.1. The van der Waals surface area contributed by atoms with E-state index >= 15 is 0 Å². The van der Waals surface area contributed by atoms with Gasteiger partial charge in [0, 0.05) is 49.7 Å². The van der Waals surface area contributed by atoms with Crippen LogP contribution < -0.4 is 4.90 Å². The number of aromatic amines is 1. The number of piperazine rings is 1. The molecular weight excluding hydrogens is 392 g/mol. The average molecular weight is 425 g/mol. The third-order valence-electron chi connectivity index (χ3n) is 6.17. The van der Waals surface area contributed by atoms with Gasteiger partial charge in [-0.2, -0.15) is 0 Å². The quantitative estimate of drug-likeness (QED) is 0.491. The van der Waals surface area contributed by atoms with Crippen LogP contribution in [0.5, 0.6) is 0 Å². The van der Waals surface area contributed by atoms with E-state index in [9.17, 15) is 4.79 Å². The number of para-hydroxylation sites is 1. The van der Waals surface area contributed by atoms with Crippen molar-refractivity contribution in [2.75, 3.05) is 38.1 Å². The molecule has 3 heterocycles. The lowest BCUT2D eigenvalue weighted by Gasteiger charge is -2.32. The van der Waals surface area contributed by atoms with E-state index in [1.807, 2.05) is 0 Å². The highest BCUT2D eigenvalue weighted by Gasteiger charge is 2.22. The number of thiazole rings is 1. The maximum atomic E-state index is 13.1. The lowest BCUT2D eigenvalue weighted by Crippen LogP contribution is -2.44. The van der Waals surface area contributed by atoms with Gasteiger partial charge in [0.15, 0.2) is 10.9 Å². The molecule has 4 rings (SSSR count). The van der Waals surface area contributed by atoms with E-state index in [4.69, 9.17) is 0 Å². The fraction of sp³-hybridized carbons (Fsp3) is 0.500. The van der Waals surface area contributed by atoms with Crippen LogP contribution in [0.1, 0.15) is 47.8 Å². The highest BCUT2D eigenvalue weighted by atomic mass is 32.1. The molecule has 1 aliphatic heterocycles. The number of aromatic nitrogens is 2. The molecular formula is C24H32N4OS. The predicted molar refractivity (Wildman–Crippen MR) is 126 cm³/mol. The number of ketones is 1. The van der Waals surface area contributed by atoms with Gasteiger partial charge in [0.2, 0.25) is 0 Å². The van der Waals surface area contributed by atoms with Gasteiger partial charge < -0.3 is 14.8 Å². The summed E-state index contributed by atoms with van der Waals surface area (Å²) < 4.78 is 0. The van der Waals surface area contributed by atoms with E-state index in [2.05, 4.69) is 64.2 Å². The molecule has 1 atom stereocenters. The number of rotatable bonds is 9. The van der Waals surface area contributed by atoms with Crippen molar-refractivity contribution in [2.24, 2.45) is 5.92 Å². The number of benzene rings is 1. The maximum absolute atomic E-state index is 13.1. The van der Waals surface area contributed by atoms with Gasteiger partial charge in [-0.15, -0.1) is 0 Å². The fourth-order valence-corrected chi connectivity index (χ4v) is 5.20. The van der Waals surface area contributed by atoms with Gasteiger partial charge in [0.1, 0.15) is 0 Å².